The Balaban J connectivity index is 1.35. The number of hydrogen-bond acceptors (Lipinski definition) is 12. The lowest BCUT2D eigenvalue weighted by atomic mass is 10.0. The highest BCUT2D eigenvalue weighted by Crippen LogP contribution is 2.40. The summed E-state index contributed by atoms with van der Waals surface area (Å²) in [5, 5.41) is 11.3. The van der Waals surface area contributed by atoms with Gasteiger partial charge in [-0.2, -0.15) is 13.2 Å². The molecule has 3 aliphatic rings. The molecule has 2 unspecified atom stereocenters. The van der Waals surface area contributed by atoms with E-state index in [1.54, 1.807) is 11.0 Å². The average Bonchev–Trinajstić information content (AvgIpc) is 3.12. The monoisotopic (exact) mass is 767 g/mol. The summed E-state index contributed by atoms with van der Waals surface area (Å²) in [6.45, 7) is 4.49. The van der Waals surface area contributed by atoms with Gasteiger partial charge in [-0.25, -0.2) is 16.8 Å². The van der Waals surface area contributed by atoms with Gasteiger partial charge in [-0.05, 0) is 55.0 Å². The Morgan fingerprint density at radius 1 is 0.961 bits per heavy atom. The summed E-state index contributed by atoms with van der Waals surface area (Å²) < 4.78 is 97.6. The topological polar surface area (TPSA) is 166 Å². The summed E-state index contributed by atoms with van der Waals surface area (Å²) in [7, 11) is -10.5. The quantitative estimate of drug-likeness (QED) is 0.172. The number of piperazine rings is 2. The highest BCUT2D eigenvalue weighted by atomic mass is 32.2. The van der Waals surface area contributed by atoms with Crippen LogP contribution in [0.4, 0.5) is 30.2 Å². The van der Waals surface area contributed by atoms with Gasteiger partial charge in [-0.15, -0.1) is 11.8 Å². The van der Waals surface area contributed by atoms with Crippen LogP contribution < -0.4 is 31.9 Å². The van der Waals surface area contributed by atoms with Crippen molar-refractivity contribution in [2.45, 2.75) is 44.1 Å². The van der Waals surface area contributed by atoms with Crippen LogP contribution in [0.2, 0.25) is 0 Å². The number of thioether (sulfide) groups is 1. The van der Waals surface area contributed by atoms with Crippen LogP contribution in [0.3, 0.4) is 0 Å². The first kappa shape index (κ1) is 37.2. The molecule has 0 bridgehead atoms. The van der Waals surface area contributed by atoms with Crippen LogP contribution >= 0.6 is 11.8 Å². The molecule has 0 aromatic heterocycles. The predicted molar refractivity (Wildman–Crippen MR) is 192 cm³/mol. The highest BCUT2D eigenvalue weighted by molar-refractivity contribution is 7.99. The number of carbonyl (C=O) groups excluding carboxylic acids is 1. The number of rotatable bonds is 12. The maximum atomic E-state index is 14.3. The highest BCUT2D eigenvalue weighted by Gasteiger charge is 2.49. The number of nitrogens with one attached hydrogen (secondary N) is 4. The fourth-order valence-corrected chi connectivity index (χ4v) is 10.4. The molecule has 3 aromatic rings. The lowest BCUT2D eigenvalue weighted by molar-refractivity contribution is -0.0435. The maximum Gasteiger partial charge on any atom is 0.501 e. The Bertz CT molecular complexity index is 1950. The Hall–Kier alpha value is -3.55. The second kappa shape index (κ2) is 15.2. The zero-order valence-corrected chi connectivity index (χ0v) is 30.0. The predicted octanol–water partition coefficient (Wildman–Crippen LogP) is 2.95. The zero-order chi connectivity index (χ0) is 36.4. The molecule has 0 saturated carbocycles. The van der Waals surface area contributed by atoms with Crippen molar-refractivity contribution >= 4 is 54.4 Å². The van der Waals surface area contributed by atoms with Crippen LogP contribution in [0.1, 0.15) is 16.8 Å². The number of anilines is 3. The number of nitrogens with two attached hydrogens (primary N) is 1. The molecule has 3 aliphatic heterocycles. The lowest BCUT2D eigenvalue weighted by Gasteiger charge is -2.47. The van der Waals surface area contributed by atoms with Crippen LogP contribution in [0.15, 0.2) is 81.4 Å². The van der Waals surface area contributed by atoms with Crippen molar-refractivity contribution in [3.63, 3.8) is 0 Å². The smallest absolute Gasteiger partial charge is 0.381 e. The molecular weight excluding hydrogens is 728 g/mol. The molecule has 0 radical (unpaired) electrons. The van der Waals surface area contributed by atoms with Crippen molar-refractivity contribution in [1.82, 2.24) is 15.5 Å². The van der Waals surface area contributed by atoms with E-state index >= 15 is 0 Å². The molecule has 12 nitrogen and oxygen atoms in total. The van der Waals surface area contributed by atoms with Crippen molar-refractivity contribution in [3.05, 3.63) is 72.3 Å². The van der Waals surface area contributed by atoms with Gasteiger partial charge in [0.25, 0.3) is 9.84 Å². The Morgan fingerprint density at radius 2 is 1.71 bits per heavy atom. The number of alkyl halides is 3. The third kappa shape index (κ3) is 8.10. The van der Waals surface area contributed by atoms with Crippen molar-refractivity contribution in [2.24, 2.45) is 5.73 Å². The first-order chi connectivity index (χ1) is 24.3. The fraction of sp³-hybridized carbons (Fsp3) is 0.424. The van der Waals surface area contributed by atoms with Crippen LogP contribution in [-0.4, -0.2) is 109 Å². The van der Waals surface area contributed by atoms with E-state index < -0.39 is 52.3 Å². The van der Waals surface area contributed by atoms with Crippen LogP contribution in [0.5, 0.6) is 0 Å². The zero-order valence-electron chi connectivity index (χ0n) is 27.5. The average molecular weight is 768 g/mol. The van der Waals surface area contributed by atoms with Gasteiger partial charge in [0.2, 0.25) is 15.7 Å². The Morgan fingerprint density at radius 3 is 2.41 bits per heavy atom. The number of nitrogens with zero attached hydrogens (tertiary/aromatic N) is 2. The normalized spacial score (nSPS) is 20.5. The number of carbonyl (C=O) groups is 1. The maximum absolute atomic E-state index is 14.3. The third-order valence-corrected chi connectivity index (χ3v) is 14.0. The molecular formula is C33H40F3N7O5S3. The third-order valence-electron chi connectivity index (χ3n) is 9.28. The summed E-state index contributed by atoms with van der Waals surface area (Å²) in [5.74, 6) is -0.251. The second-order valence-corrected chi connectivity index (χ2v) is 17.8. The standard InChI is InChI=1S/C33H40F3N7O5S3/c34-33(35,36)51(47,48)30-17-26(50(45,46)31-20-39-18-24-19-40-28-16-22(32(37)44)6-9-29(28)43(24)31)7-8-27(30)41-23(10-13-42-14-11-38-12-15-42)21-49-25-4-2-1-3-5-25/h1-9,16-17,23-24,31,38-41H,10-15,18-21H2,(H2,37,44)/t23-,24?,31?/m1/s1. The molecule has 3 aromatic carbocycles. The van der Waals surface area contributed by atoms with E-state index in [2.05, 4.69) is 26.2 Å². The molecule has 51 heavy (non-hydrogen) atoms. The van der Waals surface area contributed by atoms with Gasteiger partial charge >= 0.3 is 5.51 Å². The van der Waals surface area contributed by atoms with Crippen molar-refractivity contribution in [2.75, 3.05) is 73.6 Å². The number of fused-ring (bicyclic) bond motifs is 3. The number of primary amides is 1. The first-order valence-corrected chi connectivity index (χ1v) is 20.5. The van der Waals surface area contributed by atoms with Crippen LogP contribution in [-0.2, 0) is 19.7 Å². The van der Waals surface area contributed by atoms with E-state index in [1.165, 1.54) is 23.9 Å². The van der Waals surface area contributed by atoms with Crippen LogP contribution in [0, 0.1) is 0 Å². The van der Waals surface area contributed by atoms with E-state index in [0.717, 1.165) is 43.2 Å². The minimum absolute atomic E-state index is 0.0813. The van der Waals surface area contributed by atoms with Crippen molar-refractivity contribution in [3.8, 4) is 0 Å². The number of amides is 1. The van der Waals surface area contributed by atoms with E-state index in [1.807, 2.05) is 30.3 Å². The molecule has 18 heteroatoms. The van der Waals surface area contributed by atoms with Gasteiger partial charge in [-0.3, -0.25) is 4.79 Å². The molecule has 1 amide bonds. The SMILES string of the molecule is NC(=O)c1ccc2c(c1)NCC1CNCC(S(=O)(=O)c3ccc(N[C@H](CCN4CCNCC4)CSc4ccccc4)c(S(=O)(=O)C(F)(F)F)c3)N21. The summed E-state index contributed by atoms with van der Waals surface area (Å²) in [4.78, 5) is 14.9. The van der Waals surface area contributed by atoms with E-state index in [0.29, 0.717) is 49.2 Å². The van der Waals surface area contributed by atoms with Crippen molar-refractivity contribution < 1.29 is 34.8 Å². The van der Waals surface area contributed by atoms with Gasteiger partial charge in [0.1, 0.15) is 10.3 Å². The van der Waals surface area contributed by atoms with Crippen LogP contribution in [0.25, 0.3) is 0 Å². The number of halogens is 3. The molecule has 2 fully saturated rings. The summed E-state index contributed by atoms with van der Waals surface area (Å²) in [6, 6.07) is 16.1. The van der Waals surface area contributed by atoms with E-state index in [4.69, 9.17) is 5.73 Å². The van der Waals surface area contributed by atoms with Gasteiger partial charge in [0.05, 0.1) is 28.0 Å². The fourth-order valence-electron chi connectivity index (χ4n) is 6.58. The van der Waals surface area contributed by atoms with E-state index in [9.17, 15) is 34.8 Å². The first-order valence-electron chi connectivity index (χ1n) is 16.5. The van der Waals surface area contributed by atoms with Gasteiger partial charge in [0, 0.05) is 74.6 Å². The number of benzene rings is 3. The molecule has 6 rings (SSSR count). The van der Waals surface area contributed by atoms with Crippen molar-refractivity contribution in [1.29, 1.82) is 0 Å². The molecule has 3 atom stereocenters. The largest absolute Gasteiger partial charge is 0.501 e. The second-order valence-electron chi connectivity index (χ2n) is 12.6. The summed E-state index contributed by atoms with van der Waals surface area (Å²) in [6.07, 6.45) is 0.500. The lowest BCUT2D eigenvalue weighted by Crippen LogP contribution is -2.63. The van der Waals surface area contributed by atoms with E-state index in [-0.39, 0.29) is 23.8 Å². The molecule has 0 aliphatic carbocycles. The number of sulfone groups is 2. The molecule has 6 N–H and O–H groups in total. The van der Waals surface area contributed by atoms with Gasteiger partial charge < -0.3 is 36.8 Å². The molecule has 0 spiro atoms. The minimum Gasteiger partial charge on any atom is -0.381 e. The Kier molecular flexibility index (Phi) is 11.1. The van der Waals surface area contributed by atoms with Gasteiger partial charge in [0.15, 0.2) is 0 Å². The molecule has 276 valence electrons. The summed E-state index contributed by atoms with van der Waals surface area (Å²) >= 11 is 1.48. The van der Waals surface area contributed by atoms with Gasteiger partial charge in [-0.1, -0.05) is 18.2 Å². The molecule has 2 saturated heterocycles. The number of hydrogen-bond donors (Lipinski definition) is 5. The molecule has 3 heterocycles. The Labute approximate surface area is 299 Å². The summed E-state index contributed by atoms with van der Waals surface area (Å²) in [5.41, 5.74) is 0.593. The minimum atomic E-state index is -5.99.